The molecule has 0 aromatic rings. The van der Waals surface area contributed by atoms with Crippen molar-refractivity contribution in [2.45, 2.75) is 6.92 Å². The molecular weight excluding hydrogens is 160 g/mol. The van der Waals surface area contributed by atoms with Crippen LogP contribution >= 0.6 is 0 Å². The molecule has 0 saturated carbocycles. The monoisotopic (exact) mass is 170 g/mol. The Bertz CT molecular complexity index is 227. The lowest BCUT2D eigenvalue weighted by Gasteiger charge is -1.99. The number of carbonyl (C=O) groups excluding carboxylic acids is 1. The summed E-state index contributed by atoms with van der Waals surface area (Å²) in [5, 5.41) is 8.25. The van der Waals surface area contributed by atoms with Gasteiger partial charge in [-0.05, 0) is 6.92 Å². The number of carboxylic acids is 1. The highest BCUT2D eigenvalue weighted by atomic mass is 16.5. The van der Waals surface area contributed by atoms with Crippen molar-refractivity contribution >= 4 is 11.9 Å². The van der Waals surface area contributed by atoms with Crippen molar-refractivity contribution in [1.29, 1.82) is 0 Å². The third-order valence-electron chi connectivity index (χ3n) is 0.994. The quantitative estimate of drug-likeness (QED) is 0.384. The predicted molar refractivity (Wildman–Crippen MR) is 42.5 cm³/mol. The van der Waals surface area contributed by atoms with E-state index in [4.69, 9.17) is 5.11 Å². The maximum absolute atomic E-state index is 10.8. The van der Waals surface area contributed by atoms with Gasteiger partial charge in [-0.15, -0.1) is 0 Å². The molecule has 0 aliphatic rings. The fourth-order valence-corrected chi connectivity index (χ4v) is 0.493. The van der Waals surface area contributed by atoms with Crippen molar-refractivity contribution in [2.24, 2.45) is 0 Å². The fraction of sp³-hybridized carbons (Fsp3) is 0.250. The Labute approximate surface area is 70.1 Å². The summed E-state index contributed by atoms with van der Waals surface area (Å²) in [6.07, 6.45) is 2.21. The second-order valence-corrected chi connectivity index (χ2v) is 2.05. The van der Waals surface area contributed by atoms with Crippen LogP contribution in [0, 0.1) is 0 Å². The first-order valence-electron chi connectivity index (χ1n) is 3.27. The normalized spacial score (nSPS) is 10.6. The van der Waals surface area contributed by atoms with Crippen LogP contribution in [0.15, 0.2) is 24.3 Å². The van der Waals surface area contributed by atoms with E-state index in [1.807, 2.05) is 0 Å². The number of carbonyl (C=O) groups is 2. The summed E-state index contributed by atoms with van der Waals surface area (Å²) in [7, 11) is 0. The Hall–Kier alpha value is -1.58. The Morgan fingerprint density at radius 2 is 2.17 bits per heavy atom. The molecule has 66 valence electrons. The van der Waals surface area contributed by atoms with Crippen molar-refractivity contribution < 1.29 is 19.4 Å². The fourth-order valence-electron chi connectivity index (χ4n) is 0.493. The van der Waals surface area contributed by atoms with Crippen molar-refractivity contribution in [3.63, 3.8) is 0 Å². The minimum absolute atomic E-state index is 0.0596. The summed E-state index contributed by atoms with van der Waals surface area (Å²) in [6, 6.07) is 0. The van der Waals surface area contributed by atoms with Gasteiger partial charge in [-0.2, -0.15) is 0 Å². The summed E-state index contributed by atoms with van der Waals surface area (Å²) in [6.45, 7) is 4.80. The molecular formula is C8H10O4. The van der Waals surface area contributed by atoms with Gasteiger partial charge in [0.1, 0.15) is 6.61 Å². The van der Waals surface area contributed by atoms with E-state index in [-0.39, 0.29) is 12.2 Å². The first-order valence-corrected chi connectivity index (χ1v) is 3.27. The molecule has 0 unspecified atom stereocenters. The van der Waals surface area contributed by atoms with Gasteiger partial charge < -0.3 is 9.84 Å². The lowest BCUT2D eigenvalue weighted by Crippen LogP contribution is -2.07. The zero-order valence-corrected chi connectivity index (χ0v) is 6.74. The standard InChI is InChI=1S/C8H10O4/c1-3-4-12-8(11)6(2)5-7(9)10/h3,5H,1,4H2,2H3,(H,9,10)/b6-5-. The van der Waals surface area contributed by atoms with E-state index in [1.165, 1.54) is 13.0 Å². The van der Waals surface area contributed by atoms with Crippen LogP contribution in [0.5, 0.6) is 0 Å². The SMILES string of the molecule is C=CCOC(=O)/C(C)=C\C(=O)O. The molecule has 0 radical (unpaired) electrons. The molecule has 0 atom stereocenters. The van der Waals surface area contributed by atoms with E-state index in [2.05, 4.69) is 11.3 Å². The van der Waals surface area contributed by atoms with Crippen LogP contribution in [-0.4, -0.2) is 23.7 Å². The van der Waals surface area contributed by atoms with E-state index in [1.54, 1.807) is 0 Å². The molecule has 4 nitrogen and oxygen atoms in total. The second kappa shape index (κ2) is 5.12. The van der Waals surface area contributed by atoms with Gasteiger partial charge in [0.25, 0.3) is 0 Å². The van der Waals surface area contributed by atoms with Crippen LogP contribution < -0.4 is 0 Å². The second-order valence-electron chi connectivity index (χ2n) is 2.05. The molecule has 0 amide bonds. The molecule has 0 saturated heterocycles. The van der Waals surface area contributed by atoms with Crippen molar-refractivity contribution in [2.75, 3.05) is 6.61 Å². The zero-order valence-electron chi connectivity index (χ0n) is 6.74. The topological polar surface area (TPSA) is 63.6 Å². The molecule has 0 spiro atoms. The average Bonchev–Trinajstić information content (AvgIpc) is 1.98. The molecule has 0 rings (SSSR count). The van der Waals surface area contributed by atoms with E-state index in [0.29, 0.717) is 0 Å². The number of hydrogen-bond donors (Lipinski definition) is 1. The number of hydrogen-bond acceptors (Lipinski definition) is 3. The van der Waals surface area contributed by atoms with Gasteiger partial charge in [0.05, 0.1) is 0 Å². The van der Waals surface area contributed by atoms with E-state index < -0.39 is 11.9 Å². The Morgan fingerprint density at radius 3 is 2.58 bits per heavy atom. The van der Waals surface area contributed by atoms with Crippen molar-refractivity contribution in [3.05, 3.63) is 24.3 Å². The summed E-state index contributed by atoms with van der Waals surface area (Å²) in [4.78, 5) is 20.9. The number of carboxylic acid groups (broad SMARTS) is 1. The van der Waals surface area contributed by atoms with Crippen LogP contribution in [0.4, 0.5) is 0 Å². The zero-order chi connectivity index (χ0) is 9.56. The third kappa shape index (κ3) is 4.27. The van der Waals surface area contributed by atoms with Crippen LogP contribution in [0.3, 0.4) is 0 Å². The van der Waals surface area contributed by atoms with Crippen molar-refractivity contribution in [3.8, 4) is 0 Å². The van der Waals surface area contributed by atoms with E-state index >= 15 is 0 Å². The Kier molecular flexibility index (Phi) is 4.45. The number of ether oxygens (including phenoxy) is 1. The van der Waals surface area contributed by atoms with Crippen LogP contribution in [-0.2, 0) is 14.3 Å². The molecule has 0 aliphatic heterocycles. The Balaban J connectivity index is 4.09. The van der Waals surface area contributed by atoms with Gasteiger partial charge in [0.15, 0.2) is 0 Å². The maximum atomic E-state index is 10.8. The van der Waals surface area contributed by atoms with Gasteiger partial charge >= 0.3 is 11.9 Å². The molecule has 12 heavy (non-hydrogen) atoms. The smallest absolute Gasteiger partial charge is 0.334 e. The highest BCUT2D eigenvalue weighted by Crippen LogP contribution is 1.95. The third-order valence-corrected chi connectivity index (χ3v) is 0.994. The first kappa shape index (κ1) is 10.4. The molecule has 1 N–H and O–H groups in total. The molecule has 0 aliphatic carbocycles. The molecule has 0 aromatic carbocycles. The highest BCUT2D eigenvalue weighted by Gasteiger charge is 2.05. The van der Waals surface area contributed by atoms with Crippen molar-refractivity contribution in [1.82, 2.24) is 0 Å². The average molecular weight is 170 g/mol. The molecule has 0 bridgehead atoms. The Morgan fingerprint density at radius 1 is 1.58 bits per heavy atom. The van der Waals surface area contributed by atoms with Crippen LogP contribution in [0.2, 0.25) is 0 Å². The maximum Gasteiger partial charge on any atom is 0.334 e. The van der Waals surface area contributed by atoms with Crippen LogP contribution in [0.25, 0.3) is 0 Å². The largest absolute Gasteiger partial charge is 0.478 e. The number of rotatable bonds is 4. The predicted octanol–water partition coefficient (Wildman–Crippen LogP) is 0.746. The first-order chi connectivity index (χ1) is 5.57. The van der Waals surface area contributed by atoms with Gasteiger partial charge in [0.2, 0.25) is 0 Å². The summed E-state index contributed by atoms with van der Waals surface area (Å²) < 4.78 is 4.57. The molecule has 0 fully saturated rings. The van der Waals surface area contributed by atoms with E-state index in [0.717, 1.165) is 6.08 Å². The molecule has 0 aromatic heterocycles. The van der Waals surface area contributed by atoms with Gasteiger partial charge in [0, 0.05) is 11.6 Å². The number of esters is 1. The summed E-state index contributed by atoms with van der Waals surface area (Å²) in [5.41, 5.74) is 0.0596. The van der Waals surface area contributed by atoms with Crippen LogP contribution in [0.1, 0.15) is 6.92 Å². The summed E-state index contributed by atoms with van der Waals surface area (Å²) in [5.74, 6) is -1.81. The van der Waals surface area contributed by atoms with Gasteiger partial charge in [-0.25, -0.2) is 9.59 Å². The minimum Gasteiger partial charge on any atom is -0.478 e. The van der Waals surface area contributed by atoms with Gasteiger partial charge in [-0.1, -0.05) is 12.7 Å². The highest BCUT2D eigenvalue weighted by molar-refractivity contribution is 5.95. The minimum atomic E-state index is -1.16. The lowest BCUT2D eigenvalue weighted by atomic mass is 10.3. The van der Waals surface area contributed by atoms with E-state index in [9.17, 15) is 9.59 Å². The lowest BCUT2D eigenvalue weighted by molar-refractivity contribution is -0.138. The van der Waals surface area contributed by atoms with Gasteiger partial charge in [-0.3, -0.25) is 0 Å². The summed E-state index contributed by atoms with van der Waals surface area (Å²) >= 11 is 0. The number of aliphatic carboxylic acids is 1. The molecule has 0 heterocycles. The molecule has 4 heteroatoms.